The summed E-state index contributed by atoms with van der Waals surface area (Å²) in [5.74, 6) is 2.50. The summed E-state index contributed by atoms with van der Waals surface area (Å²) in [6, 6.07) is 11.4. The molecule has 26 heavy (non-hydrogen) atoms. The van der Waals surface area contributed by atoms with Crippen LogP contribution in [0.2, 0.25) is 0 Å². The number of furan rings is 1. The van der Waals surface area contributed by atoms with Crippen molar-refractivity contribution >= 4 is 17.5 Å². The van der Waals surface area contributed by atoms with E-state index >= 15 is 0 Å². The van der Waals surface area contributed by atoms with Gasteiger partial charge in [0, 0.05) is 12.0 Å². The predicted octanol–water partition coefficient (Wildman–Crippen LogP) is 4.05. The number of ketones is 1. The van der Waals surface area contributed by atoms with Crippen molar-refractivity contribution in [1.82, 2.24) is 14.8 Å². The zero-order chi connectivity index (χ0) is 18.5. The van der Waals surface area contributed by atoms with Crippen molar-refractivity contribution < 1.29 is 13.9 Å². The number of carbonyl (C=O) groups excluding carboxylic acids is 1. The van der Waals surface area contributed by atoms with Crippen LogP contribution in [0.4, 0.5) is 0 Å². The number of rotatable bonds is 8. The molecule has 2 aromatic heterocycles. The molecule has 6 nitrogen and oxygen atoms in total. The number of carbonyl (C=O) groups is 1. The van der Waals surface area contributed by atoms with Gasteiger partial charge in [0.1, 0.15) is 17.3 Å². The molecule has 2 heterocycles. The van der Waals surface area contributed by atoms with Gasteiger partial charge in [-0.25, -0.2) is 0 Å². The van der Waals surface area contributed by atoms with Crippen molar-refractivity contribution in [2.75, 3.05) is 7.11 Å². The summed E-state index contributed by atoms with van der Waals surface area (Å²) in [5, 5.41) is 9.20. The first-order valence-electron chi connectivity index (χ1n) is 8.41. The van der Waals surface area contributed by atoms with Crippen LogP contribution < -0.4 is 4.74 Å². The largest absolute Gasteiger partial charge is 0.497 e. The molecule has 1 aromatic carbocycles. The Bertz CT molecular complexity index is 857. The highest BCUT2D eigenvalue weighted by Gasteiger charge is 2.20. The molecule has 0 N–H and O–H groups in total. The van der Waals surface area contributed by atoms with Gasteiger partial charge in [-0.05, 0) is 43.3 Å². The van der Waals surface area contributed by atoms with E-state index in [1.807, 2.05) is 54.8 Å². The molecule has 0 fully saturated rings. The highest BCUT2D eigenvalue weighted by atomic mass is 32.2. The third-order valence-corrected chi connectivity index (χ3v) is 5.17. The first kappa shape index (κ1) is 18.3. The van der Waals surface area contributed by atoms with Gasteiger partial charge in [0.2, 0.25) is 0 Å². The van der Waals surface area contributed by atoms with Crippen LogP contribution in [0.5, 0.6) is 5.75 Å². The number of Topliss-reactive ketones (excluding diaryl/α,β-unsaturated/α-hetero) is 1. The van der Waals surface area contributed by atoms with E-state index in [9.17, 15) is 4.79 Å². The fourth-order valence-electron chi connectivity index (χ4n) is 2.54. The van der Waals surface area contributed by atoms with E-state index in [-0.39, 0.29) is 11.0 Å². The molecule has 3 aromatic rings. The Hall–Kier alpha value is -2.54. The number of methoxy groups -OCH3 is 1. The van der Waals surface area contributed by atoms with E-state index in [2.05, 4.69) is 10.2 Å². The van der Waals surface area contributed by atoms with Crippen molar-refractivity contribution in [1.29, 1.82) is 0 Å². The zero-order valence-electron chi connectivity index (χ0n) is 15.0. The molecule has 7 heteroatoms. The summed E-state index contributed by atoms with van der Waals surface area (Å²) < 4.78 is 12.7. The van der Waals surface area contributed by atoms with Crippen LogP contribution >= 0.6 is 11.8 Å². The standard InChI is InChI=1S/C19H21N3O3S/c1-4-17(23)13(2)26-19-21-20-18(14-7-9-15(24-3)10-8-14)22(19)12-16-6-5-11-25-16/h5-11,13H,4,12H2,1-3H3. The molecule has 0 aliphatic carbocycles. The lowest BCUT2D eigenvalue weighted by molar-refractivity contribution is -0.118. The van der Waals surface area contributed by atoms with E-state index < -0.39 is 0 Å². The van der Waals surface area contributed by atoms with Crippen molar-refractivity contribution in [3.63, 3.8) is 0 Å². The van der Waals surface area contributed by atoms with Gasteiger partial charge in [0.05, 0.1) is 25.2 Å². The topological polar surface area (TPSA) is 70.2 Å². The van der Waals surface area contributed by atoms with Gasteiger partial charge in [-0.15, -0.1) is 10.2 Å². The smallest absolute Gasteiger partial charge is 0.192 e. The van der Waals surface area contributed by atoms with Crippen LogP contribution in [0.1, 0.15) is 26.0 Å². The Morgan fingerprint density at radius 1 is 1.27 bits per heavy atom. The van der Waals surface area contributed by atoms with Crippen LogP contribution in [-0.2, 0) is 11.3 Å². The summed E-state index contributed by atoms with van der Waals surface area (Å²) >= 11 is 1.42. The molecule has 1 unspecified atom stereocenters. The van der Waals surface area contributed by atoms with Gasteiger partial charge in [-0.3, -0.25) is 9.36 Å². The highest BCUT2D eigenvalue weighted by molar-refractivity contribution is 8.00. The minimum Gasteiger partial charge on any atom is -0.497 e. The normalized spacial score (nSPS) is 12.1. The lowest BCUT2D eigenvalue weighted by atomic mass is 10.2. The summed E-state index contributed by atoms with van der Waals surface area (Å²) in [6.45, 7) is 4.27. The molecule has 0 aliphatic heterocycles. The van der Waals surface area contributed by atoms with Crippen molar-refractivity contribution in [2.24, 2.45) is 0 Å². The van der Waals surface area contributed by atoms with Gasteiger partial charge in [0.15, 0.2) is 11.0 Å². The Morgan fingerprint density at radius 3 is 2.65 bits per heavy atom. The second-order valence-electron chi connectivity index (χ2n) is 5.78. The molecular weight excluding hydrogens is 350 g/mol. The van der Waals surface area contributed by atoms with E-state index in [0.29, 0.717) is 18.1 Å². The Morgan fingerprint density at radius 2 is 2.04 bits per heavy atom. The summed E-state index contributed by atoms with van der Waals surface area (Å²) in [5.41, 5.74) is 0.922. The number of aromatic nitrogens is 3. The van der Waals surface area contributed by atoms with Gasteiger partial charge in [-0.1, -0.05) is 18.7 Å². The highest BCUT2D eigenvalue weighted by Crippen LogP contribution is 2.29. The maximum Gasteiger partial charge on any atom is 0.192 e. The fourth-order valence-corrected chi connectivity index (χ4v) is 3.52. The van der Waals surface area contributed by atoms with Crippen molar-refractivity contribution in [3.8, 4) is 17.1 Å². The van der Waals surface area contributed by atoms with E-state index in [4.69, 9.17) is 9.15 Å². The SMILES string of the molecule is CCC(=O)C(C)Sc1nnc(-c2ccc(OC)cc2)n1Cc1ccco1. The van der Waals surface area contributed by atoms with E-state index in [1.165, 1.54) is 11.8 Å². The molecule has 1 atom stereocenters. The van der Waals surface area contributed by atoms with Crippen LogP contribution in [0.25, 0.3) is 11.4 Å². The third kappa shape index (κ3) is 3.99. The van der Waals surface area contributed by atoms with Crippen LogP contribution in [0.3, 0.4) is 0 Å². The van der Waals surface area contributed by atoms with Gasteiger partial charge >= 0.3 is 0 Å². The Balaban J connectivity index is 1.96. The molecule has 0 spiro atoms. The number of hydrogen-bond acceptors (Lipinski definition) is 6. The molecule has 0 amide bonds. The van der Waals surface area contributed by atoms with Crippen molar-refractivity contribution in [3.05, 3.63) is 48.4 Å². The summed E-state index contributed by atoms with van der Waals surface area (Å²) in [6.07, 6.45) is 2.15. The van der Waals surface area contributed by atoms with E-state index in [0.717, 1.165) is 22.9 Å². The number of ether oxygens (including phenoxy) is 1. The Labute approximate surface area is 156 Å². The van der Waals surface area contributed by atoms with Crippen molar-refractivity contribution in [2.45, 2.75) is 37.2 Å². The molecule has 3 rings (SSSR count). The lowest BCUT2D eigenvalue weighted by Crippen LogP contribution is -2.13. The molecule has 0 bridgehead atoms. The average molecular weight is 371 g/mol. The number of hydrogen-bond donors (Lipinski definition) is 0. The van der Waals surface area contributed by atoms with Crippen LogP contribution in [-0.4, -0.2) is 32.9 Å². The predicted molar refractivity (Wildman–Crippen MR) is 100 cm³/mol. The molecule has 0 saturated carbocycles. The second-order valence-corrected chi connectivity index (χ2v) is 7.09. The maximum absolute atomic E-state index is 12.0. The van der Waals surface area contributed by atoms with Gasteiger partial charge < -0.3 is 9.15 Å². The number of benzene rings is 1. The van der Waals surface area contributed by atoms with Gasteiger partial charge in [-0.2, -0.15) is 0 Å². The maximum atomic E-state index is 12.0. The first-order chi connectivity index (χ1) is 12.6. The minimum atomic E-state index is -0.178. The molecule has 0 saturated heterocycles. The molecule has 0 radical (unpaired) electrons. The fraction of sp³-hybridized carbons (Fsp3) is 0.316. The third-order valence-electron chi connectivity index (χ3n) is 4.04. The Kier molecular flexibility index (Phi) is 5.78. The minimum absolute atomic E-state index is 0.178. The van der Waals surface area contributed by atoms with Gasteiger partial charge in [0.25, 0.3) is 0 Å². The molecule has 136 valence electrons. The van der Waals surface area contributed by atoms with Crippen LogP contribution in [0, 0.1) is 0 Å². The quantitative estimate of drug-likeness (QED) is 0.556. The van der Waals surface area contributed by atoms with Crippen LogP contribution in [0.15, 0.2) is 52.2 Å². The first-order valence-corrected chi connectivity index (χ1v) is 9.29. The molecule has 0 aliphatic rings. The monoisotopic (exact) mass is 371 g/mol. The number of nitrogens with zero attached hydrogens (tertiary/aromatic N) is 3. The second kappa shape index (κ2) is 8.23. The summed E-state index contributed by atoms with van der Waals surface area (Å²) in [7, 11) is 1.63. The average Bonchev–Trinajstić information content (AvgIpc) is 3.32. The number of thioether (sulfide) groups is 1. The zero-order valence-corrected chi connectivity index (χ0v) is 15.8. The molecular formula is C19H21N3O3S. The summed E-state index contributed by atoms with van der Waals surface area (Å²) in [4.78, 5) is 12.0. The lowest BCUT2D eigenvalue weighted by Gasteiger charge is -2.12. The van der Waals surface area contributed by atoms with E-state index in [1.54, 1.807) is 13.4 Å².